The molecule has 1 amide bonds. The van der Waals surface area contributed by atoms with Crippen LogP contribution in [0.5, 0.6) is 0 Å². The maximum Gasteiger partial charge on any atom is 0.234 e. The minimum absolute atomic E-state index is 0.152. The van der Waals surface area contributed by atoms with Crippen molar-refractivity contribution >= 4 is 79.0 Å². The zero-order chi connectivity index (χ0) is 30.8. The van der Waals surface area contributed by atoms with Crippen molar-refractivity contribution in [3.63, 3.8) is 0 Å². The van der Waals surface area contributed by atoms with Gasteiger partial charge < -0.3 is 5.32 Å². The predicted molar refractivity (Wildman–Crippen MR) is 184 cm³/mol. The van der Waals surface area contributed by atoms with E-state index in [9.17, 15) is 9.18 Å². The number of thioether (sulfide) groups is 2. The monoisotopic (exact) mass is 667 g/mol. The van der Waals surface area contributed by atoms with Gasteiger partial charge in [-0.05, 0) is 71.6 Å². The summed E-state index contributed by atoms with van der Waals surface area (Å²) < 4.78 is 18.1. The lowest BCUT2D eigenvalue weighted by molar-refractivity contribution is -0.113. The summed E-state index contributed by atoms with van der Waals surface area (Å²) in [6, 6.07) is 33.8. The van der Waals surface area contributed by atoms with Gasteiger partial charge in [0.1, 0.15) is 5.82 Å². The van der Waals surface area contributed by atoms with Crippen molar-refractivity contribution in [3.8, 4) is 17.1 Å². The Labute approximate surface area is 275 Å². The number of benzene rings is 5. The van der Waals surface area contributed by atoms with Crippen molar-refractivity contribution in [2.75, 3.05) is 11.1 Å². The molecule has 6 nitrogen and oxygen atoms in total. The summed E-state index contributed by atoms with van der Waals surface area (Å²) in [6.45, 7) is 0. The summed E-state index contributed by atoms with van der Waals surface area (Å²) in [5.41, 5.74) is 4.39. The second-order valence-corrected chi connectivity index (χ2v) is 13.7. The highest BCUT2D eigenvalue weighted by Crippen LogP contribution is 2.35. The number of hydrogen-bond donors (Lipinski definition) is 1. The van der Waals surface area contributed by atoms with Crippen LogP contribution in [0.15, 0.2) is 119 Å². The van der Waals surface area contributed by atoms with Crippen LogP contribution in [-0.2, 0) is 10.5 Å². The third kappa shape index (κ3) is 6.46. The molecule has 45 heavy (non-hydrogen) atoms. The summed E-state index contributed by atoms with van der Waals surface area (Å²) in [5, 5.41) is 14.6. The molecule has 0 aliphatic heterocycles. The fraction of sp³-hybridized carbons (Fsp3) is 0.0588. The molecule has 0 radical (unpaired) electrons. The molecule has 2 aromatic heterocycles. The molecule has 1 N–H and O–H groups in total. The zero-order valence-corrected chi connectivity index (χ0v) is 26.7. The maximum atomic E-state index is 14.2. The molecule has 0 bridgehead atoms. The number of carbonyl (C=O) groups excluding carboxylic acids is 1. The Balaban J connectivity index is 1.03. The van der Waals surface area contributed by atoms with Crippen LogP contribution in [0.25, 0.3) is 38.1 Å². The van der Waals surface area contributed by atoms with E-state index in [1.54, 1.807) is 29.2 Å². The number of fused-ring (bicyclic) bond motifs is 2. The molecule has 2 heterocycles. The van der Waals surface area contributed by atoms with E-state index in [2.05, 4.69) is 15.5 Å². The van der Waals surface area contributed by atoms with Crippen molar-refractivity contribution in [2.24, 2.45) is 0 Å². The maximum absolute atomic E-state index is 14.2. The van der Waals surface area contributed by atoms with E-state index in [1.165, 1.54) is 17.8 Å². The number of thiazole rings is 1. The van der Waals surface area contributed by atoms with Gasteiger partial charge in [0.2, 0.25) is 5.91 Å². The number of nitrogens with zero attached hydrogens (tertiary/aromatic N) is 4. The van der Waals surface area contributed by atoms with Gasteiger partial charge in [0.25, 0.3) is 0 Å². The van der Waals surface area contributed by atoms with Crippen molar-refractivity contribution in [2.45, 2.75) is 15.2 Å². The van der Waals surface area contributed by atoms with E-state index < -0.39 is 0 Å². The lowest BCUT2D eigenvalue weighted by Gasteiger charge is -2.10. The van der Waals surface area contributed by atoms with Crippen LogP contribution in [0.3, 0.4) is 0 Å². The first-order chi connectivity index (χ1) is 22.0. The van der Waals surface area contributed by atoms with E-state index in [1.807, 2.05) is 102 Å². The molecule has 0 saturated heterocycles. The van der Waals surface area contributed by atoms with Crippen molar-refractivity contribution in [1.82, 2.24) is 19.7 Å². The minimum atomic E-state index is -0.215. The van der Waals surface area contributed by atoms with Gasteiger partial charge in [0, 0.05) is 33.1 Å². The van der Waals surface area contributed by atoms with Crippen molar-refractivity contribution in [1.29, 1.82) is 0 Å². The highest BCUT2D eigenvalue weighted by atomic mass is 35.5. The van der Waals surface area contributed by atoms with E-state index >= 15 is 0 Å². The van der Waals surface area contributed by atoms with Gasteiger partial charge in [0.15, 0.2) is 15.3 Å². The first kappa shape index (κ1) is 29.5. The average Bonchev–Trinajstić information content (AvgIpc) is 3.68. The molecule has 0 aliphatic rings. The normalized spacial score (nSPS) is 11.3. The molecule has 0 aliphatic carbocycles. The van der Waals surface area contributed by atoms with Crippen LogP contribution < -0.4 is 5.32 Å². The molecule has 11 heteroatoms. The third-order valence-corrected chi connectivity index (χ3v) is 10.4. The van der Waals surface area contributed by atoms with E-state index in [0.717, 1.165) is 36.8 Å². The fourth-order valence-corrected chi connectivity index (χ4v) is 7.91. The second-order valence-electron chi connectivity index (χ2n) is 10.0. The number of aromatic nitrogens is 4. The molecule has 0 unspecified atom stereocenters. The van der Waals surface area contributed by atoms with Crippen LogP contribution in [0, 0.1) is 5.82 Å². The quantitative estimate of drug-likeness (QED) is 0.155. The molecule has 222 valence electrons. The number of rotatable bonds is 9. The summed E-state index contributed by atoms with van der Waals surface area (Å²) in [6.07, 6.45) is 0. The van der Waals surface area contributed by atoms with E-state index in [4.69, 9.17) is 16.6 Å². The number of carbonyl (C=O) groups is 1. The van der Waals surface area contributed by atoms with Gasteiger partial charge in [-0.25, -0.2) is 9.37 Å². The van der Waals surface area contributed by atoms with Gasteiger partial charge in [-0.15, -0.1) is 21.5 Å². The first-order valence-corrected chi connectivity index (χ1v) is 17.1. The van der Waals surface area contributed by atoms with E-state index in [-0.39, 0.29) is 17.5 Å². The molecule has 0 saturated carbocycles. The molecular formula is C34H23ClFN5OS3. The largest absolute Gasteiger partial charge is 0.325 e. The van der Waals surface area contributed by atoms with Gasteiger partial charge in [-0.1, -0.05) is 83.7 Å². The zero-order valence-electron chi connectivity index (χ0n) is 23.5. The summed E-state index contributed by atoms with van der Waals surface area (Å²) in [5.74, 6) is 1.12. The third-order valence-electron chi connectivity index (χ3n) is 7.05. The number of anilines is 1. The highest BCUT2D eigenvalue weighted by Gasteiger charge is 2.18. The number of halogens is 2. The summed E-state index contributed by atoms with van der Waals surface area (Å²) in [7, 11) is 0. The molecule has 5 aromatic carbocycles. The Hall–Kier alpha value is -4.22. The number of amides is 1. The molecule has 7 aromatic rings. The van der Waals surface area contributed by atoms with Crippen LogP contribution in [-0.4, -0.2) is 31.4 Å². The van der Waals surface area contributed by atoms with Crippen LogP contribution in [0.4, 0.5) is 10.1 Å². The fourth-order valence-electron chi connectivity index (χ4n) is 4.92. The van der Waals surface area contributed by atoms with Gasteiger partial charge in [0.05, 0.1) is 16.0 Å². The Morgan fingerprint density at radius 2 is 1.64 bits per heavy atom. The average molecular weight is 668 g/mol. The smallest absolute Gasteiger partial charge is 0.234 e. The molecule has 0 fully saturated rings. The van der Waals surface area contributed by atoms with E-state index in [0.29, 0.717) is 32.8 Å². The number of hydrogen-bond acceptors (Lipinski definition) is 7. The molecular weight excluding hydrogens is 645 g/mol. The van der Waals surface area contributed by atoms with Gasteiger partial charge in [-0.2, -0.15) is 0 Å². The topological polar surface area (TPSA) is 72.7 Å². The first-order valence-electron chi connectivity index (χ1n) is 13.9. The minimum Gasteiger partial charge on any atom is -0.325 e. The lowest BCUT2D eigenvalue weighted by atomic mass is 10.1. The standard InChI is InChI=1S/C34H23ClFN5OS3/c35-23-13-10-21(11-14-23)32-39-40-33(41(32)25-6-2-1-3-7-25)43-20-31(42)37-24-15-17-29-30(18-24)45-34(38-29)44-19-22-12-16-28(36)27-9-5-4-8-26(22)27/h1-18H,19-20H2,(H,37,42). The van der Waals surface area contributed by atoms with Crippen molar-refractivity contribution in [3.05, 3.63) is 126 Å². The molecule has 0 atom stereocenters. The second kappa shape index (κ2) is 13.0. The number of nitrogens with one attached hydrogen (secondary N) is 1. The SMILES string of the molecule is O=C(CSc1nnc(-c2ccc(Cl)cc2)n1-c1ccccc1)Nc1ccc2nc(SCc3ccc(F)c4ccccc34)sc2c1. The van der Waals surface area contributed by atoms with Gasteiger partial charge in [-0.3, -0.25) is 9.36 Å². The molecule has 0 spiro atoms. The lowest BCUT2D eigenvalue weighted by Crippen LogP contribution is -2.14. The Morgan fingerprint density at radius 1 is 0.867 bits per heavy atom. The van der Waals surface area contributed by atoms with Crippen molar-refractivity contribution < 1.29 is 9.18 Å². The Morgan fingerprint density at radius 3 is 2.47 bits per heavy atom. The van der Waals surface area contributed by atoms with Crippen LogP contribution in [0.1, 0.15) is 5.56 Å². The van der Waals surface area contributed by atoms with Crippen LogP contribution >= 0.6 is 46.5 Å². The Bertz CT molecular complexity index is 2150. The summed E-state index contributed by atoms with van der Waals surface area (Å²) in [4.78, 5) is 17.8. The predicted octanol–water partition coefficient (Wildman–Crippen LogP) is 9.51. The summed E-state index contributed by atoms with van der Waals surface area (Å²) >= 11 is 10.6. The van der Waals surface area contributed by atoms with Crippen LogP contribution in [0.2, 0.25) is 5.02 Å². The Kier molecular flexibility index (Phi) is 8.53. The van der Waals surface area contributed by atoms with Gasteiger partial charge >= 0.3 is 0 Å². The molecule has 7 rings (SSSR count). The number of para-hydroxylation sites is 1. The highest BCUT2D eigenvalue weighted by molar-refractivity contribution is 8.00.